The summed E-state index contributed by atoms with van der Waals surface area (Å²) in [6.07, 6.45) is 6.55. The molecular formula is C17H17Cl2N3O. The van der Waals surface area contributed by atoms with Crippen LogP contribution in [0.4, 0.5) is 11.4 Å². The van der Waals surface area contributed by atoms with Gasteiger partial charge >= 0.3 is 0 Å². The van der Waals surface area contributed by atoms with Crippen molar-refractivity contribution in [2.45, 2.75) is 19.3 Å². The number of pyridine rings is 1. The van der Waals surface area contributed by atoms with Crippen molar-refractivity contribution < 1.29 is 4.79 Å². The molecule has 0 atom stereocenters. The molecule has 1 aliphatic rings. The molecule has 0 radical (unpaired) electrons. The highest BCUT2D eigenvalue weighted by atomic mass is 35.5. The molecule has 2 aromatic rings. The van der Waals surface area contributed by atoms with Crippen LogP contribution in [0.25, 0.3) is 0 Å². The monoisotopic (exact) mass is 349 g/mol. The number of amides is 1. The molecule has 23 heavy (non-hydrogen) atoms. The van der Waals surface area contributed by atoms with E-state index in [1.54, 1.807) is 36.7 Å². The number of piperidine rings is 1. The topological polar surface area (TPSA) is 45.2 Å². The smallest absolute Gasteiger partial charge is 0.255 e. The number of carbonyl (C=O) groups excluding carboxylic acids is 1. The molecular weight excluding hydrogens is 333 g/mol. The van der Waals surface area contributed by atoms with Crippen LogP contribution in [0.15, 0.2) is 36.7 Å². The standard InChI is InChI=1S/C17H17Cl2N3O/c18-14-5-4-6-15(19)16(14)21-13-9-12(10-20-11-13)17(23)22-7-2-1-3-8-22/h4-6,9-11,21H,1-3,7-8H2. The van der Waals surface area contributed by atoms with Crippen LogP contribution >= 0.6 is 23.2 Å². The second-order valence-electron chi connectivity index (χ2n) is 5.54. The maximum absolute atomic E-state index is 12.5. The Kier molecular flexibility index (Phi) is 5.03. The first-order valence-electron chi connectivity index (χ1n) is 7.60. The maximum atomic E-state index is 12.5. The number of likely N-dealkylation sites (tertiary alicyclic amines) is 1. The fraction of sp³-hybridized carbons (Fsp3) is 0.294. The second-order valence-corrected chi connectivity index (χ2v) is 6.35. The van der Waals surface area contributed by atoms with Crippen LogP contribution in [0.2, 0.25) is 10.0 Å². The van der Waals surface area contributed by atoms with Gasteiger partial charge in [-0.05, 0) is 37.5 Å². The highest BCUT2D eigenvalue weighted by molar-refractivity contribution is 6.39. The number of nitrogens with one attached hydrogen (secondary N) is 1. The summed E-state index contributed by atoms with van der Waals surface area (Å²) in [4.78, 5) is 18.6. The third-order valence-corrected chi connectivity index (χ3v) is 4.49. The van der Waals surface area contributed by atoms with Gasteiger partial charge in [-0.2, -0.15) is 0 Å². The number of nitrogens with zero attached hydrogens (tertiary/aromatic N) is 2. The SMILES string of the molecule is O=C(c1cncc(Nc2c(Cl)cccc2Cl)c1)N1CCCCC1. The van der Waals surface area contributed by atoms with Gasteiger partial charge in [-0.15, -0.1) is 0 Å². The number of aromatic nitrogens is 1. The highest BCUT2D eigenvalue weighted by Gasteiger charge is 2.18. The zero-order valence-corrected chi connectivity index (χ0v) is 14.1. The maximum Gasteiger partial charge on any atom is 0.255 e. The van der Waals surface area contributed by atoms with Gasteiger partial charge in [-0.25, -0.2) is 0 Å². The fourth-order valence-electron chi connectivity index (χ4n) is 2.67. The first-order chi connectivity index (χ1) is 11.1. The summed E-state index contributed by atoms with van der Waals surface area (Å²) in [5.41, 5.74) is 1.86. The lowest BCUT2D eigenvalue weighted by atomic mass is 10.1. The Morgan fingerprint density at radius 1 is 1.09 bits per heavy atom. The van der Waals surface area contributed by atoms with Gasteiger partial charge in [0.1, 0.15) is 0 Å². The van der Waals surface area contributed by atoms with E-state index in [4.69, 9.17) is 23.2 Å². The summed E-state index contributed by atoms with van der Waals surface area (Å²) in [5.74, 6) is 0.0195. The lowest BCUT2D eigenvalue weighted by Crippen LogP contribution is -2.35. The van der Waals surface area contributed by atoms with Gasteiger partial charge in [0.05, 0.1) is 33.2 Å². The fourth-order valence-corrected chi connectivity index (χ4v) is 3.16. The Labute approximate surface area is 145 Å². The highest BCUT2D eigenvalue weighted by Crippen LogP contribution is 2.32. The summed E-state index contributed by atoms with van der Waals surface area (Å²) in [7, 11) is 0. The molecule has 6 heteroatoms. The summed E-state index contributed by atoms with van der Waals surface area (Å²) in [5, 5.41) is 4.18. The van der Waals surface area contributed by atoms with E-state index in [2.05, 4.69) is 10.3 Å². The van der Waals surface area contributed by atoms with Gasteiger partial charge in [0, 0.05) is 19.3 Å². The van der Waals surface area contributed by atoms with Crippen molar-refractivity contribution in [1.29, 1.82) is 0 Å². The minimum atomic E-state index is 0.0195. The summed E-state index contributed by atoms with van der Waals surface area (Å²) in [6, 6.07) is 7.08. The van der Waals surface area contributed by atoms with Gasteiger partial charge in [-0.1, -0.05) is 29.3 Å². The minimum absolute atomic E-state index is 0.0195. The molecule has 1 amide bonds. The Bertz CT molecular complexity index is 694. The summed E-state index contributed by atoms with van der Waals surface area (Å²) >= 11 is 12.3. The van der Waals surface area contributed by atoms with Crippen LogP contribution in [0.3, 0.4) is 0 Å². The molecule has 1 aliphatic heterocycles. The van der Waals surface area contributed by atoms with E-state index in [1.165, 1.54) is 6.42 Å². The Balaban J connectivity index is 1.81. The second kappa shape index (κ2) is 7.20. The van der Waals surface area contributed by atoms with Crippen LogP contribution in [0.1, 0.15) is 29.6 Å². The van der Waals surface area contributed by atoms with Gasteiger partial charge in [0.2, 0.25) is 0 Å². The summed E-state index contributed by atoms with van der Waals surface area (Å²) < 4.78 is 0. The normalized spacial score (nSPS) is 14.6. The van der Waals surface area contributed by atoms with Crippen LogP contribution < -0.4 is 5.32 Å². The van der Waals surface area contributed by atoms with E-state index >= 15 is 0 Å². The number of halogens is 2. The van der Waals surface area contributed by atoms with Gasteiger partial charge in [0.15, 0.2) is 0 Å². The molecule has 120 valence electrons. The Morgan fingerprint density at radius 2 is 1.78 bits per heavy atom. The molecule has 0 aliphatic carbocycles. The van der Waals surface area contributed by atoms with Crippen LogP contribution in [0.5, 0.6) is 0 Å². The van der Waals surface area contributed by atoms with E-state index in [-0.39, 0.29) is 5.91 Å². The lowest BCUT2D eigenvalue weighted by molar-refractivity contribution is 0.0724. The first-order valence-corrected chi connectivity index (χ1v) is 8.36. The first kappa shape index (κ1) is 16.1. The number of carbonyl (C=O) groups is 1. The van der Waals surface area contributed by atoms with Crippen molar-refractivity contribution in [3.05, 3.63) is 52.3 Å². The number of rotatable bonds is 3. The third kappa shape index (κ3) is 3.77. The van der Waals surface area contributed by atoms with Gasteiger partial charge in [0.25, 0.3) is 5.91 Å². The molecule has 3 rings (SSSR count). The number of anilines is 2. The number of hydrogen-bond donors (Lipinski definition) is 1. The third-order valence-electron chi connectivity index (χ3n) is 3.86. The molecule has 1 aromatic heterocycles. The molecule has 0 spiro atoms. The van der Waals surface area contributed by atoms with E-state index in [9.17, 15) is 4.79 Å². The Morgan fingerprint density at radius 3 is 2.48 bits per heavy atom. The van der Waals surface area contributed by atoms with Crippen molar-refractivity contribution in [2.75, 3.05) is 18.4 Å². The lowest BCUT2D eigenvalue weighted by Gasteiger charge is -2.26. The predicted molar refractivity (Wildman–Crippen MR) is 93.7 cm³/mol. The van der Waals surface area contributed by atoms with Crippen molar-refractivity contribution in [1.82, 2.24) is 9.88 Å². The van der Waals surface area contributed by atoms with Gasteiger partial charge in [-0.3, -0.25) is 9.78 Å². The average molecular weight is 350 g/mol. The van der Waals surface area contributed by atoms with Gasteiger partial charge < -0.3 is 10.2 Å². The Hall–Kier alpha value is -1.78. The minimum Gasteiger partial charge on any atom is -0.352 e. The molecule has 0 unspecified atom stereocenters. The van der Waals surface area contributed by atoms with E-state index in [1.807, 2.05) is 4.90 Å². The van der Waals surface area contributed by atoms with Crippen molar-refractivity contribution in [3.8, 4) is 0 Å². The number of benzene rings is 1. The zero-order valence-electron chi connectivity index (χ0n) is 12.6. The molecule has 2 heterocycles. The average Bonchev–Trinajstić information content (AvgIpc) is 2.59. The summed E-state index contributed by atoms with van der Waals surface area (Å²) in [6.45, 7) is 1.62. The quantitative estimate of drug-likeness (QED) is 0.868. The molecule has 0 saturated carbocycles. The number of hydrogen-bond acceptors (Lipinski definition) is 3. The van der Waals surface area contributed by atoms with E-state index < -0.39 is 0 Å². The van der Waals surface area contributed by atoms with E-state index in [0.29, 0.717) is 27.0 Å². The zero-order chi connectivity index (χ0) is 16.2. The van der Waals surface area contributed by atoms with Crippen molar-refractivity contribution in [2.24, 2.45) is 0 Å². The number of para-hydroxylation sites is 1. The molecule has 4 nitrogen and oxygen atoms in total. The molecule has 1 aromatic carbocycles. The van der Waals surface area contributed by atoms with Crippen LogP contribution in [-0.4, -0.2) is 28.9 Å². The molecule has 1 saturated heterocycles. The largest absolute Gasteiger partial charge is 0.352 e. The van der Waals surface area contributed by atoms with Crippen LogP contribution in [-0.2, 0) is 0 Å². The predicted octanol–water partition coefficient (Wildman–Crippen LogP) is 4.76. The molecule has 1 fully saturated rings. The molecule has 0 bridgehead atoms. The van der Waals surface area contributed by atoms with Crippen LogP contribution in [0, 0.1) is 0 Å². The van der Waals surface area contributed by atoms with Crippen molar-refractivity contribution in [3.63, 3.8) is 0 Å². The van der Waals surface area contributed by atoms with Crippen molar-refractivity contribution >= 4 is 40.5 Å². The molecule has 1 N–H and O–H groups in total. The van der Waals surface area contributed by atoms with E-state index in [0.717, 1.165) is 25.9 Å².